The van der Waals surface area contributed by atoms with Crippen LogP contribution in [0.15, 0.2) is 28.7 Å². The quantitative estimate of drug-likeness (QED) is 0.650. The largest absolute Gasteiger partial charge is 0.444 e. The van der Waals surface area contributed by atoms with Gasteiger partial charge in [0.1, 0.15) is 5.60 Å². The average Bonchev–Trinajstić information content (AvgIpc) is 2.60. The highest BCUT2D eigenvalue weighted by molar-refractivity contribution is 9.10. The molecule has 154 valence electrons. The van der Waals surface area contributed by atoms with Crippen molar-refractivity contribution in [2.24, 2.45) is 0 Å². The van der Waals surface area contributed by atoms with E-state index in [4.69, 9.17) is 4.74 Å². The second kappa shape index (κ2) is 9.77. The van der Waals surface area contributed by atoms with Gasteiger partial charge >= 0.3 is 12.1 Å². The van der Waals surface area contributed by atoms with Crippen molar-refractivity contribution in [3.05, 3.63) is 28.7 Å². The van der Waals surface area contributed by atoms with Gasteiger partial charge in [-0.05, 0) is 57.9 Å². The van der Waals surface area contributed by atoms with E-state index in [1.807, 2.05) is 32.9 Å². The predicted octanol–water partition coefficient (Wildman–Crippen LogP) is 3.09. The van der Waals surface area contributed by atoms with Gasteiger partial charge < -0.3 is 25.6 Å². The van der Waals surface area contributed by atoms with Crippen molar-refractivity contribution in [1.82, 2.24) is 15.5 Å². The van der Waals surface area contributed by atoms with E-state index in [1.165, 1.54) is 0 Å². The summed E-state index contributed by atoms with van der Waals surface area (Å²) in [6.45, 7) is 6.41. The third-order valence-corrected chi connectivity index (χ3v) is 4.60. The van der Waals surface area contributed by atoms with E-state index in [1.54, 1.807) is 17.0 Å². The number of piperidine rings is 1. The second-order valence-electron chi connectivity index (χ2n) is 7.62. The lowest BCUT2D eigenvalue weighted by molar-refractivity contribution is -0.131. The summed E-state index contributed by atoms with van der Waals surface area (Å²) >= 11 is 3.33. The Morgan fingerprint density at radius 1 is 1.14 bits per heavy atom. The van der Waals surface area contributed by atoms with E-state index in [9.17, 15) is 14.4 Å². The lowest BCUT2D eigenvalue weighted by atomic mass is 10.1. The van der Waals surface area contributed by atoms with E-state index in [0.29, 0.717) is 31.6 Å². The number of hydrogen-bond acceptors (Lipinski definition) is 4. The van der Waals surface area contributed by atoms with Crippen LogP contribution < -0.4 is 16.0 Å². The molecule has 0 aliphatic carbocycles. The molecule has 1 fully saturated rings. The minimum absolute atomic E-state index is 0.0208. The molecule has 1 aromatic rings. The number of carbonyl (C=O) groups excluding carboxylic acids is 3. The molecule has 0 saturated carbocycles. The number of nitrogens with zero attached hydrogens (tertiary/aromatic N) is 1. The van der Waals surface area contributed by atoms with E-state index < -0.39 is 17.7 Å². The van der Waals surface area contributed by atoms with Crippen LogP contribution in [0.25, 0.3) is 0 Å². The van der Waals surface area contributed by atoms with Gasteiger partial charge in [-0.25, -0.2) is 9.59 Å². The number of hydrogen-bond donors (Lipinski definition) is 3. The molecule has 0 atom stereocenters. The van der Waals surface area contributed by atoms with Gasteiger partial charge in [-0.15, -0.1) is 0 Å². The van der Waals surface area contributed by atoms with E-state index in [-0.39, 0.29) is 18.5 Å². The molecular formula is C19H27BrN4O4. The predicted molar refractivity (Wildman–Crippen MR) is 110 cm³/mol. The van der Waals surface area contributed by atoms with Crippen LogP contribution in [-0.4, -0.2) is 54.2 Å². The van der Waals surface area contributed by atoms with Crippen LogP contribution in [0, 0.1) is 0 Å². The number of halogens is 1. The molecule has 0 radical (unpaired) electrons. The summed E-state index contributed by atoms with van der Waals surface area (Å²) < 4.78 is 6.16. The first-order chi connectivity index (χ1) is 13.1. The van der Waals surface area contributed by atoms with Crippen molar-refractivity contribution < 1.29 is 19.1 Å². The van der Waals surface area contributed by atoms with Gasteiger partial charge in [0.25, 0.3) is 0 Å². The number of anilines is 1. The zero-order valence-electron chi connectivity index (χ0n) is 16.4. The topological polar surface area (TPSA) is 99.8 Å². The van der Waals surface area contributed by atoms with Crippen molar-refractivity contribution in [3.8, 4) is 0 Å². The van der Waals surface area contributed by atoms with Crippen LogP contribution >= 0.6 is 15.9 Å². The number of benzene rings is 1. The highest BCUT2D eigenvalue weighted by atomic mass is 79.9. The number of amides is 4. The maximum absolute atomic E-state index is 12.3. The van der Waals surface area contributed by atoms with Crippen molar-refractivity contribution >= 4 is 39.6 Å². The first-order valence-electron chi connectivity index (χ1n) is 9.20. The zero-order chi connectivity index (χ0) is 20.7. The molecule has 3 N–H and O–H groups in total. The summed E-state index contributed by atoms with van der Waals surface area (Å²) in [7, 11) is 0. The van der Waals surface area contributed by atoms with Crippen LogP contribution in [0.4, 0.5) is 15.3 Å². The van der Waals surface area contributed by atoms with Gasteiger partial charge in [-0.2, -0.15) is 0 Å². The standard InChI is InChI=1S/C19H27BrN4O4/c1-19(2,3)28-18(27)23-15-8-10-24(11-9-15)16(25)12-21-17(26)22-14-6-4-13(20)5-7-14/h4-7,15H,8-12H2,1-3H3,(H,23,27)(H2,21,22,26). The Hall–Kier alpha value is -2.29. The Labute approximate surface area is 173 Å². The first-order valence-corrected chi connectivity index (χ1v) is 9.99. The summed E-state index contributed by atoms with van der Waals surface area (Å²) in [5, 5.41) is 8.08. The molecule has 8 nitrogen and oxygen atoms in total. The molecule has 1 heterocycles. The maximum Gasteiger partial charge on any atom is 0.407 e. The SMILES string of the molecule is CC(C)(C)OC(=O)NC1CCN(C(=O)CNC(=O)Nc2ccc(Br)cc2)CC1. The minimum Gasteiger partial charge on any atom is -0.444 e. The van der Waals surface area contributed by atoms with Crippen LogP contribution in [0.3, 0.4) is 0 Å². The summed E-state index contributed by atoms with van der Waals surface area (Å²) in [4.78, 5) is 37.7. The Morgan fingerprint density at radius 2 is 1.75 bits per heavy atom. The number of carbonyl (C=O) groups is 3. The summed E-state index contributed by atoms with van der Waals surface area (Å²) in [5.74, 6) is -0.151. The van der Waals surface area contributed by atoms with E-state index in [0.717, 1.165) is 4.47 Å². The number of likely N-dealkylation sites (tertiary alicyclic amines) is 1. The van der Waals surface area contributed by atoms with Gasteiger partial charge in [0, 0.05) is 29.3 Å². The van der Waals surface area contributed by atoms with Crippen LogP contribution in [0.2, 0.25) is 0 Å². The molecule has 0 spiro atoms. The Bertz CT molecular complexity index is 695. The van der Waals surface area contributed by atoms with Crippen LogP contribution in [-0.2, 0) is 9.53 Å². The minimum atomic E-state index is -0.538. The van der Waals surface area contributed by atoms with E-state index in [2.05, 4.69) is 31.9 Å². The molecule has 28 heavy (non-hydrogen) atoms. The Morgan fingerprint density at radius 3 is 2.32 bits per heavy atom. The van der Waals surface area contributed by atoms with Crippen LogP contribution in [0.5, 0.6) is 0 Å². The summed E-state index contributed by atoms with van der Waals surface area (Å²) in [6, 6.07) is 6.69. The molecule has 1 aliphatic rings. The van der Waals surface area contributed by atoms with Gasteiger partial charge in [0.2, 0.25) is 5.91 Å². The fourth-order valence-corrected chi connectivity index (χ4v) is 2.99. The average molecular weight is 455 g/mol. The lowest BCUT2D eigenvalue weighted by Crippen LogP contribution is -2.49. The fourth-order valence-electron chi connectivity index (χ4n) is 2.72. The Kier molecular flexibility index (Phi) is 7.68. The van der Waals surface area contributed by atoms with Gasteiger partial charge in [0.05, 0.1) is 6.54 Å². The number of ether oxygens (including phenoxy) is 1. The molecule has 1 saturated heterocycles. The highest BCUT2D eigenvalue weighted by Gasteiger charge is 2.25. The van der Waals surface area contributed by atoms with Crippen molar-refractivity contribution in [1.29, 1.82) is 0 Å². The van der Waals surface area contributed by atoms with E-state index >= 15 is 0 Å². The molecule has 4 amide bonds. The van der Waals surface area contributed by atoms with Crippen LogP contribution in [0.1, 0.15) is 33.6 Å². The second-order valence-corrected chi connectivity index (χ2v) is 8.53. The van der Waals surface area contributed by atoms with Gasteiger partial charge in [-0.1, -0.05) is 15.9 Å². The van der Waals surface area contributed by atoms with Crippen molar-refractivity contribution in [2.45, 2.75) is 45.3 Å². The number of nitrogens with one attached hydrogen (secondary N) is 3. The third kappa shape index (κ3) is 7.75. The molecule has 0 unspecified atom stereocenters. The molecule has 2 rings (SSSR count). The maximum atomic E-state index is 12.3. The molecule has 1 aromatic carbocycles. The Balaban J connectivity index is 1.68. The number of urea groups is 1. The van der Waals surface area contributed by atoms with Crippen molar-refractivity contribution in [2.75, 3.05) is 25.0 Å². The fraction of sp³-hybridized carbons (Fsp3) is 0.526. The monoisotopic (exact) mass is 454 g/mol. The zero-order valence-corrected chi connectivity index (χ0v) is 18.0. The molecule has 1 aliphatic heterocycles. The summed E-state index contributed by atoms with van der Waals surface area (Å²) in [5.41, 5.74) is 0.102. The smallest absolute Gasteiger partial charge is 0.407 e. The number of alkyl carbamates (subject to hydrolysis) is 1. The number of rotatable bonds is 4. The molecule has 0 aromatic heterocycles. The third-order valence-electron chi connectivity index (χ3n) is 4.07. The van der Waals surface area contributed by atoms with Gasteiger partial charge in [-0.3, -0.25) is 4.79 Å². The first kappa shape index (κ1) is 22.0. The van der Waals surface area contributed by atoms with Gasteiger partial charge in [0.15, 0.2) is 0 Å². The normalized spacial score (nSPS) is 14.9. The van der Waals surface area contributed by atoms with Crippen molar-refractivity contribution in [3.63, 3.8) is 0 Å². The molecular weight excluding hydrogens is 428 g/mol. The lowest BCUT2D eigenvalue weighted by Gasteiger charge is -2.33. The molecule has 0 bridgehead atoms. The summed E-state index contributed by atoms with van der Waals surface area (Å²) in [6.07, 6.45) is 0.857. The molecule has 9 heteroatoms. The highest BCUT2D eigenvalue weighted by Crippen LogP contribution is 2.14.